The molecule has 0 aliphatic carbocycles. The third-order valence-corrected chi connectivity index (χ3v) is 4.05. The van der Waals surface area contributed by atoms with Gasteiger partial charge in [0.25, 0.3) is 0 Å². The second-order valence-corrected chi connectivity index (χ2v) is 6.02. The molecule has 23 heavy (non-hydrogen) atoms. The van der Waals surface area contributed by atoms with Crippen LogP contribution in [0.4, 0.5) is 5.69 Å². The summed E-state index contributed by atoms with van der Waals surface area (Å²) in [5.74, 6) is 0.202. The molecule has 0 unspecified atom stereocenters. The number of hydrazone groups is 1. The molecule has 1 amide bonds. The van der Waals surface area contributed by atoms with Gasteiger partial charge in [-0.3, -0.25) is 10.2 Å². The van der Waals surface area contributed by atoms with Crippen LogP contribution in [0.15, 0.2) is 29.4 Å². The van der Waals surface area contributed by atoms with Gasteiger partial charge in [0.1, 0.15) is 0 Å². The highest BCUT2D eigenvalue weighted by atomic mass is 32.1. The molecule has 1 saturated heterocycles. The Bertz CT molecular complexity index is 583. The van der Waals surface area contributed by atoms with Crippen molar-refractivity contribution in [2.24, 2.45) is 5.10 Å². The van der Waals surface area contributed by atoms with E-state index in [-0.39, 0.29) is 5.91 Å². The van der Waals surface area contributed by atoms with E-state index in [0.717, 1.165) is 49.3 Å². The van der Waals surface area contributed by atoms with Crippen LogP contribution in [0.3, 0.4) is 0 Å². The van der Waals surface area contributed by atoms with Gasteiger partial charge in [0.2, 0.25) is 5.91 Å². The predicted octanol–water partition coefficient (Wildman–Crippen LogP) is 2.80. The molecule has 0 bridgehead atoms. The molecule has 1 fully saturated rings. The molecule has 1 aliphatic heterocycles. The summed E-state index contributed by atoms with van der Waals surface area (Å²) in [4.78, 5) is 13.6. The quantitative estimate of drug-likeness (QED) is 0.364. The van der Waals surface area contributed by atoms with Crippen molar-refractivity contribution in [2.75, 3.05) is 18.0 Å². The molecule has 1 heterocycles. The summed E-state index contributed by atoms with van der Waals surface area (Å²) in [5, 5.41) is 7.95. The topological polar surface area (TPSA) is 56.7 Å². The van der Waals surface area contributed by atoms with Crippen molar-refractivity contribution in [1.29, 1.82) is 0 Å². The first-order valence-electron chi connectivity index (χ1n) is 8.10. The van der Waals surface area contributed by atoms with Gasteiger partial charge in [0.15, 0.2) is 5.11 Å². The van der Waals surface area contributed by atoms with Crippen LogP contribution in [0, 0.1) is 0 Å². The minimum atomic E-state index is 0.202. The van der Waals surface area contributed by atoms with E-state index in [0.29, 0.717) is 11.5 Å². The molecule has 2 N–H and O–H groups in total. The van der Waals surface area contributed by atoms with Gasteiger partial charge in [0.05, 0.1) is 5.71 Å². The van der Waals surface area contributed by atoms with Crippen LogP contribution >= 0.6 is 12.2 Å². The van der Waals surface area contributed by atoms with Crippen molar-refractivity contribution < 1.29 is 4.79 Å². The maximum atomic E-state index is 11.7. The number of hydrogen-bond donors (Lipinski definition) is 2. The summed E-state index contributed by atoms with van der Waals surface area (Å²) in [6, 6.07) is 7.90. The minimum Gasteiger partial charge on any atom is -0.361 e. The van der Waals surface area contributed by atoms with Gasteiger partial charge in [-0.2, -0.15) is 5.10 Å². The lowest BCUT2D eigenvalue weighted by molar-refractivity contribution is -0.117. The van der Waals surface area contributed by atoms with E-state index in [9.17, 15) is 4.79 Å². The van der Waals surface area contributed by atoms with E-state index in [1.54, 1.807) is 0 Å². The molecule has 1 aromatic rings. The molecule has 5 nitrogen and oxygen atoms in total. The molecular weight excluding hydrogens is 308 g/mol. The first-order valence-corrected chi connectivity index (χ1v) is 8.51. The highest BCUT2D eigenvalue weighted by Crippen LogP contribution is 2.21. The minimum absolute atomic E-state index is 0.202. The largest absolute Gasteiger partial charge is 0.361 e. The van der Waals surface area contributed by atoms with Crippen molar-refractivity contribution in [3.05, 3.63) is 29.8 Å². The van der Waals surface area contributed by atoms with Crippen molar-refractivity contribution in [3.63, 3.8) is 0 Å². The maximum absolute atomic E-state index is 11.7. The average Bonchev–Trinajstić information content (AvgIpc) is 2.99. The lowest BCUT2D eigenvalue weighted by Gasteiger charge is -2.16. The summed E-state index contributed by atoms with van der Waals surface area (Å²) >= 11 is 5.17. The van der Waals surface area contributed by atoms with Crippen LogP contribution in [0.5, 0.6) is 0 Å². The summed E-state index contributed by atoms with van der Waals surface area (Å²) < 4.78 is 0. The molecular formula is C17H24N4OS. The lowest BCUT2D eigenvalue weighted by Crippen LogP contribution is -2.33. The van der Waals surface area contributed by atoms with Crippen LogP contribution in [-0.4, -0.2) is 29.8 Å². The fourth-order valence-corrected chi connectivity index (χ4v) is 2.57. The van der Waals surface area contributed by atoms with Gasteiger partial charge < -0.3 is 10.2 Å². The zero-order chi connectivity index (χ0) is 16.7. The number of hydrogen-bond acceptors (Lipinski definition) is 3. The standard InChI is InChI=1S/C17H24N4OS/c1-3-4-11-18-17(23)20-19-13(2)14-7-9-15(10-8-14)21-12-5-6-16(21)22/h7-10H,3-6,11-12H2,1-2H3,(H2,18,20,23)/b19-13-. The van der Waals surface area contributed by atoms with Crippen molar-refractivity contribution in [1.82, 2.24) is 10.7 Å². The van der Waals surface area contributed by atoms with Gasteiger partial charge in [-0.15, -0.1) is 0 Å². The second-order valence-electron chi connectivity index (χ2n) is 5.61. The first-order chi connectivity index (χ1) is 11.1. The van der Waals surface area contributed by atoms with Gasteiger partial charge in [-0.25, -0.2) is 0 Å². The molecule has 0 atom stereocenters. The Kier molecular flexibility index (Phi) is 6.52. The van der Waals surface area contributed by atoms with Crippen LogP contribution in [-0.2, 0) is 4.79 Å². The Hall–Kier alpha value is -1.95. The molecule has 0 spiro atoms. The third-order valence-electron chi connectivity index (χ3n) is 3.81. The molecule has 1 aliphatic rings. The Morgan fingerprint density at radius 1 is 1.35 bits per heavy atom. The molecule has 0 aromatic heterocycles. The Morgan fingerprint density at radius 3 is 2.70 bits per heavy atom. The number of nitrogens with one attached hydrogen (secondary N) is 2. The monoisotopic (exact) mass is 332 g/mol. The number of rotatable bonds is 6. The number of anilines is 1. The Morgan fingerprint density at radius 2 is 2.09 bits per heavy atom. The van der Waals surface area contributed by atoms with Crippen molar-refractivity contribution in [2.45, 2.75) is 39.5 Å². The number of carbonyl (C=O) groups is 1. The molecule has 1 aromatic carbocycles. The van der Waals surface area contributed by atoms with Crippen LogP contribution in [0.2, 0.25) is 0 Å². The van der Waals surface area contributed by atoms with Crippen molar-refractivity contribution >= 4 is 34.6 Å². The van der Waals surface area contributed by atoms with Gasteiger partial charge in [-0.1, -0.05) is 25.5 Å². The summed E-state index contributed by atoms with van der Waals surface area (Å²) in [6.07, 6.45) is 3.80. The molecule has 0 radical (unpaired) electrons. The summed E-state index contributed by atoms with van der Waals surface area (Å²) in [5.41, 5.74) is 5.67. The van der Waals surface area contributed by atoms with Gasteiger partial charge in [-0.05, 0) is 49.7 Å². The zero-order valence-corrected chi connectivity index (χ0v) is 14.6. The van der Waals surface area contributed by atoms with Crippen LogP contribution < -0.4 is 15.6 Å². The molecule has 2 rings (SSSR count). The van der Waals surface area contributed by atoms with E-state index >= 15 is 0 Å². The average molecular weight is 332 g/mol. The first kappa shape index (κ1) is 17.4. The Balaban J connectivity index is 1.91. The summed E-state index contributed by atoms with van der Waals surface area (Å²) in [6.45, 7) is 5.73. The zero-order valence-electron chi connectivity index (χ0n) is 13.8. The predicted molar refractivity (Wildman–Crippen MR) is 98.9 cm³/mol. The number of benzene rings is 1. The van der Waals surface area contributed by atoms with Gasteiger partial charge >= 0.3 is 0 Å². The highest BCUT2D eigenvalue weighted by molar-refractivity contribution is 7.80. The van der Waals surface area contributed by atoms with E-state index < -0.39 is 0 Å². The SMILES string of the molecule is CCCCNC(=S)N/N=C(/C)c1ccc(N2CCCC2=O)cc1. The van der Waals surface area contributed by atoms with Gasteiger partial charge in [0, 0.05) is 25.2 Å². The smallest absolute Gasteiger partial charge is 0.227 e. The third kappa shape index (κ3) is 5.03. The van der Waals surface area contributed by atoms with Crippen LogP contribution in [0.25, 0.3) is 0 Å². The van der Waals surface area contributed by atoms with E-state index in [4.69, 9.17) is 12.2 Å². The van der Waals surface area contributed by atoms with E-state index in [2.05, 4.69) is 22.8 Å². The number of thiocarbonyl (C=S) groups is 1. The normalized spacial score (nSPS) is 15.0. The number of unbranched alkanes of at least 4 members (excludes halogenated alkanes) is 1. The maximum Gasteiger partial charge on any atom is 0.227 e. The fraction of sp³-hybridized carbons (Fsp3) is 0.471. The number of nitrogens with zero attached hydrogens (tertiary/aromatic N) is 2. The van der Waals surface area contributed by atoms with E-state index in [1.165, 1.54) is 0 Å². The fourth-order valence-electron chi connectivity index (χ4n) is 2.42. The molecule has 6 heteroatoms. The molecule has 124 valence electrons. The number of amides is 1. The number of carbonyl (C=O) groups excluding carboxylic acids is 1. The highest BCUT2D eigenvalue weighted by Gasteiger charge is 2.21. The Labute approximate surface area is 143 Å². The van der Waals surface area contributed by atoms with Crippen molar-refractivity contribution in [3.8, 4) is 0 Å². The second kappa shape index (κ2) is 8.62. The lowest BCUT2D eigenvalue weighted by atomic mass is 10.1. The summed E-state index contributed by atoms with van der Waals surface area (Å²) in [7, 11) is 0. The van der Waals surface area contributed by atoms with E-state index in [1.807, 2.05) is 36.1 Å². The molecule has 0 saturated carbocycles. The van der Waals surface area contributed by atoms with Crippen LogP contribution in [0.1, 0.15) is 45.1 Å².